The Bertz CT molecular complexity index is 795. The van der Waals surface area contributed by atoms with E-state index in [1.807, 2.05) is 23.4 Å². The van der Waals surface area contributed by atoms with E-state index in [0.717, 1.165) is 16.5 Å². The number of aromatic nitrogens is 3. The fourth-order valence-corrected chi connectivity index (χ4v) is 4.18. The first-order chi connectivity index (χ1) is 12.9. The molecule has 1 atom stereocenters. The minimum atomic E-state index is -0.219. The summed E-state index contributed by atoms with van der Waals surface area (Å²) in [5.41, 5.74) is 2.43. The van der Waals surface area contributed by atoms with Gasteiger partial charge in [-0.1, -0.05) is 56.8 Å². The summed E-state index contributed by atoms with van der Waals surface area (Å²) >= 11 is 1.46. The molecule has 2 rings (SSSR count). The van der Waals surface area contributed by atoms with Crippen LogP contribution in [0.25, 0.3) is 11.4 Å². The molecule has 0 aliphatic carbocycles. The van der Waals surface area contributed by atoms with Crippen LogP contribution in [0.4, 0.5) is 0 Å². The molecule has 1 heterocycles. The zero-order chi connectivity index (χ0) is 21.2. The predicted octanol–water partition coefficient (Wildman–Crippen LogP) is 4.91. The Kier molecular flexibility index (Phi) is 6.97. The van der Waals surface area contributed by atoms with Crippen LogP contribution < -0.4 is 0 Å². The molecule has 0 fully saturated rings. The number of rotatable bonds is 6. The van der Waals surface area contributed by atoms with E-state index in [-0.39, 0.29) is 28.7 Å². The highest BCUT2D eigenvalue weighted by Gasteiger charge is 2.27. The summed E-state index contributed by atoms with van der Waals surface area (Å²) < 4.78 is 1.97. The average Bonchev–Trinajstić information content (AvgIpc) is 2.94. The number of hydrogen-bond acceptors (Lipinski definition) is 4. The van der Waals surface area contributed by atoms with Gasteiger partial charge < -0.3 is 9.47 Å². The normalized spacial score (nSPS) is 13.2. The third kappa shape index (κ3) is 4.96. The predicted molar refractivity (Wildman–Crippen MR) is 118 cm³/mol. The Labute approximate surface area is 173 Å². The van der Waals surface area contributed by atoms with E-state index in [1.165, 1.54) is 17.3 Å². The van der Waals surface area contributed by atoms with E-state index in [2.05, 4.69) is 82.9 Å². The second-order valence-corrected chi connectivity index (χ2v) is 10.2. The highest BCUT2D eigenvalue weighted by Crippen LogP contribution is 2.29. The SMILES string of the molecule is CC(C)N(C(=O)[C@@H](C)Sc1nnc(-c2ccc(C(C)(C)C)cc2)n1C)C(C)C. The van der Waals surface area contributed by atoms with Crippen molar-refractivity contribution < 1.29 is 4.79 Å². The lowest BCUT2D eigenvalue weighted by Gasteiger charge is -2.32. The molecule has 5 nitrogen and oxygen atoms in total. The van der Waals surface area contributed by atoms with Crippen molar-refractivity contribution in [2.24, 2.45) is 7.05 Å². The van der Waals surface area contributed by atoms with Crippen LogP contribution >= 0.6 is 11.8 Å². The van der Waals surface area contributed by atoms with Crippen LogP contribution in [0, 0.1) is 0 Å². The van der Waals surface area contributed by atoms with Gasteiger partial charge in [-0.2, -0.15) is 0 Å². The molecule has 1 amide bonds. The zero-order valence-corrected chi connectivity index (χ0v) is 19.5. The number of carbonyl (C=O) groups excluding carboxylic acids is 1. The first kappa shape index (κ1) is 22.5. The number of carbonyl (C=O) groups is 1. The van der Waals surface area contributed by atoms with Crippen LogP contribution in [0.5, 0.6) is 0 Å². The molecular formula is C22H34N4OS. The molecule has 154 valence electrons. The molecule has 0 N–H and O–H groups in total. The Hall–Kier alpha value is -1.82. The maximum atomic E-state index is 12.9. The third-order valence-corrected chi connectivity index (χ3v) is 5.96. The summed E-state index contributed by atoms with van der Waals surface area (Å²) in [4.78, 5) is 14.8. The number of thioether (sulfide) groups is 1. The Balaban J connectivity index is 2.20. The van der Waals surface area contributed by atoms with Crippen molar-refractivity contribution in [1.29, 1.82) is 0 Å². The quantitative estimate of drug-likeness (QED) is 0.645. The van der Waals surface area contributed by atoms with Crippen molar-refractivity contribution in [3.8, 4) is 11.4 Å². The Morgan fingerprint density at radius 3 is 2.00 bits per heavy atom. The smallest absolute Gasteiger partial charge is 0.236 e. The molecule has 0 aliphatic heterocycles. The topological polar surface area (TPSA) is 51.0 Å². The van der Waals surface area contributed by atoms with Gasteiger partial charge in [0.25, 0.3) is 0 Å². The van der Waals surface area contributed by atoms with Crippen molar-refractivity contribution in [3.63, 3.8) is 0 Å². The van der Waals surface area contributed by atoms with Crippen LogP contribution in [-0.4, -0.2) is 42.9 Å². The van der Waals surface area contributed by atoms with Crippen molar-refractivity contribution in [2.75, 3.05) is 0 Å². The number of hydrogen-bond donors (Lipinski definition) is 0. The summed E-state index contributed by atoms with van der Waals surface area (Å²) in [5, 5.41) is 9.25. The van der Waals surface area contributed by atoms with Gasteiger partial charge in [0.15, 0.2) is 11.0 Å². The molecule has 28 heavy (non-hydrogen) atoms. The standard InChI is InChI=1S/C22H34N4OS/c1-14(2)26(15(3)4)20(27)16(5)28-21-24-23-19(25(21)9)17-10-12-18(13-11-17)22(6,7)8/h10-16H,1-9H3/t16-/m1/s1. The van der Waals surface area contributed by atoms with Crippen LogP contribution in [0.15, 0.2) is 29.4 Å². The summed E-state index contributed by atoms with van der Waals surface area (Å²) in [7, 11) is 1.95. The van der Waals surface area contributed by atoms with Gasteiger partial charge in [0, 0.05) is 24.7 Å². The van der Waals surface area contributed by atoms with E-state index in [9.17, 15) is 4.79 Å². The molecule has 1 aromatic carbocycles. The van der Waals surface area contributed by atoms with Crippen molar-refractivity contribution in [2.45, 2.75) is 83.3 Å². The highest BCUT2D eigenvalue weighted by atomic mass is 32.2. The largest absolute Gasteiger partial charge is 0.337 e. The summed E-state index contributed by atoms with van der Waals surface area (Å²) in [6, 6.07) is 8.82. The lowest BCUT2D eigenvalue weighted by Crippen LogP contribution is -2.45. The van der Waals surface area contributed by atoms with Gasteiger partial charge in [-0.3, -0.25) is 4.79 Å². The van der Waals surface area contributed by atoms with Crippen LogP contribution in [-0.2, 0) is 17.3 Å². The van der Waals surface area contributed by atoms with Crippen molar-refractivity contribution >= 4 is 17.7 Å². The highest BCUT2D eigenvalue weighted by molar-refractivity contribution is 8.00. The van der Waals surface area contributed by atoms with Crippen LogP contribution in [0.2, 0.25) is 0 Å². The molecular weight excluding hydrogens is 368 g/mol. The van der Waals surface area contributed by atoms with Gasteiger partial charge in [-0.25, -0.2) is 0 Å². The molecule has 0 radical (unpaired) electrons. The van der Waals surface area contributed by atoms with Gasteiger partial charge in [0.05, 0.1) is 5.25 Å². The van der Waals surface area contributed by atoms with E-state index in [1.54, 1.807) is 0 Å². The number of amides is 1. The van der Waals surface area contributed by atoms with Gasteiger partial charge in [0.1, 0.15) is 0 Å². The summed E-state index contributed by atoms with van der Waals surface area (Å²) in [6.07, 6.45) is 0. The van der Waals surface area contributed by atoms with Crippen molar-refractivity contribution in [1.82, 2.24) is 19.7 Å². The molecule has 0 unspecified atom stereocenters. The average molecular weight is 403 g/mol. The van der Waals surface area contributed by atoms with E-state index in [4.69, 9.17) is 0 Å². The van der Waals surface area contributed by atoms with Gasteiger partial charge in [-0.15, -0.1) is 10.2 Å². The lowest BCUT2D eigenvalue weighted by atomic mass is 9.87. The van der Waals surface area contributed by atoms with Crippen LogP contribution in [0.1, 0.15) is 61.0 Å². The second kappa shape index (κ2) is 8.68. The van der Waals surface area contributed by atoms with E-state index in [0.29, 0.717) is 0 Å². The van der Waals surface area contributed by atoms with Gasteiger partial charge >= 0.3 is 0 Å². The van der Waals surface area contributed by atoms with Crippen molar-refractivity contribution in [3.05, 3.63) is 29.8 Å². The monoisotopic (exact) mass is 402 g/mol. The Morgan fingerprint density at radius 2 is 1.54 bits per heavy atom. The summed E-state index contributed by atoms with van der Waals surface area (Å²) in [6.45, 7) is 16.8. The fourth-order valence-electron chi connectivity index (χ4n) is 3.31. The number of nitrogens with zero attached hydrogens (tertiary/aromatic N) is 4. The summed E-state index contributed by atoms with van der Waals surface area (Å²) in [5.74, 6) is 0.946. The van der Waals surface area contributed by atoms with Crippen LogP contribution in [0.3, 0.4) is 0 Å². The first-order valence-electron chi connectivity index (χ1n) is 9.92. The molecule has 0 saturated heterocycles. The molecule has 6 heteroatoms. The minimum absolute atomic E-state index is 0.119. The maximum absolute atomic E-state index is 12.9. The maximum Gasteiger partial charge on any atom is 0.236 e. The van der Waals surface area contributed by atoms with E-state index < -0.39 is 0 Å². The van der Waals surface area contributed by atoms with E-state index >= 15 is 0 Å². The molecule has 0 bridgehead atoms. The Morgan fingerprint density at radius 1 is 1.00 bits per heavy atom. The first-order valence-corrected chi connectivity index (χ1v) is 10.8. The zero-order valence-electron chi connectivity index (χ0n) is 18.6. The molecule has 0 saturated carbocycles. The molecule has 0 aliphatic rings. The molecule has 2 aromatic rings. The fraction of sp³-hybridized carbons (Fsp3) is 0.591. The minimum Gasteiger partial charge on any atom is -0.337 e. The third-order valence-electron chi connectivity index (χ3n) is 4.84. The van der Waals surface area contributed by atoms with Gasteiger partial charge in [0.2, 0.25) is 5.91 Å². The van der Waals surface area contributed by atoms with Gasteiger partial charge in [-0.05, 0) is 45.6 Å². The lowest BCUT2D eigenvalue weighted by molar-refractivity contribution is -0.133. The number of benzene rings is 1. The molecule has 1 aromatic heterocycles. The molecule has 0 spiro atoms. The second-order valence-electron chi connectivity index (χ2n) is 8.89.